The summed E-state index contributed by atoms with van der Waals surface area (Å²) in [7, 11) is 0. The summed E-state index contributed by atoms with van der Waals surface area (Å²) in [5.74, 6) is 0.764. The highest BCUT2D eigenvalue weighted by atomic mass is 14.9. The molecule has 0 bridgehead atoms. The lowest BCUT2D eigenvalue weighted by molar-refractivity contribution is 0.462. The minimum Gasteiger partial charge on any atom is -0.381 e. The fourth-order valence-corrected chi connectivity index (χ4v) is 2.42. The van der Waals surface area contributed by atoms with E-state index >= 15 is 0 Å². The predicted octanol–water partition coefficient (Wildman–Crippen LogP) is 4.86. The second-order valence-electron chi connectivity index (χ2n) is 5.38. The summed E-state index contributed by atoms with van der Waals surface area (Å²) in [6, 6.07) is 11.0. The summed E-state index contributed by atoms with van der Waals surface area (Å²) in [5.41, 5.74) is 2.24. The van der Waals surface area contributed by atoms with Crippen LogP contribution in [0.5, 0.6) is 0 Å². The molecule has 0 aliphatic carbocycles. The lowest BCUT2D eigenvalue weighted by Gasteiger charge is -2.22. The maximum absolute atomic E-state index is 4.51. The van der Waals surface area contributed by atoms with E-state index in [0.29, 0.717) is 6.04 Å². The molecule has 2 heteroatoms. The van der Waals surface area contributed by atoms with E-state index in [1.54, 1.807) is 0 Å². The number of benzene rings is 1. The second-order valence-corrected chi connectivity index (χ2v) is 5.38. The maximum atomic E-state index is 4.51. The number of pyridine rings is 1. The fourth-order valence-electron chi connectivity index (χ4n) is 2.42. The van der Waals surface area contributed by atoms with Crippen LogP contribution in [-0.4, -0.2) is 11.0 Å². The molecule has 19 heavy (non-hydrogen) atoms. The third kappa shape index (κ3) is 3.46. The maximum Gasteiger partial charge on any atom is 0.0933 e. The van der Waals surface area contributed by atoms with Gasteiger partial charge in [0, 0.05) is 17.6 Å². The Kier molecular flexibility index (Phi) is 4.78. The zero-order chi connectivity index (χ0) is 13.7. The van der Waals surface area contributed by atoms with Crippen molar-refractivity contribution in [2.24, 2.45) is 5.92 Å². The van der Waals surface area contributed by atoms with Crippen LogP contribution >= 0.6 is 0 Å². The van der Waals surface area contributed by atoms with Crippen LogP contribution in [0.3, 0.4) is 0 Å². The first-order valence-corrected chi connectivity index (χ1v) is 7.34. The van der Waals surface area contributed by atoms with E-state index in [-0.39, 0.29) is 0 Å². The Hall–Kier alpha value is -1.57. The molecule has 1 heterocycles. The molecule has 2 rings (SSSR count). The first-order chi connectivity index (χ1) is 9.24. The highest BCUT2D eigenvalue weighted by Crippen LogP contribution is 2.23. The Morgan fingerprint density at radius 2 is 1.89 bits per heavy atom. The van der Waals surface area contributed by atoms with Crippen molar-refractivity contribution in [1.82, 2.24) is 4.98 Å². The highest BCUT2D eigenvalue weighted by molar-refractivity contribution is 5.90. The standard InChI is InChI=1S/C17H24N2/c1-4-13(3)12-15(5-2)19-16-10-6-8-14-9-7-11-18-17(14)16/h6-11,13,15,19H,4-5,12H2,1-3H3. The molecule has 1 aromatic carbocycles. The normalized spacial score (nSPS) is 14.3. The van der Waals surface area contributed by atoms with Crippen LogP contribution in [0, 0.1) is 5.92 Å². The van der Waals surface area contributed by atoms with Gasteiger partial charge in [-0.2, -0.15) is 0 Å². The Balaban J connectivity index is 2.19. The third-order valence-electron chi connectivity index (χ3n) is 3.87. The Bertz CT molecular complexity index is 516. The highest BCUT2D eigenvalue weighted by Gasteiger charge is 2.11. The van der Waals surface area contributed by atoms with Gasteiger partial charge in [0.15, 0.2) is 0 Å². The molecule has 0 amide bonds. The predicted molar refractivity (Wildman–Crippen MR) is 83.5 cm³/mol. The quantitative estimate of drug-likeness (QED) is 0.798. The summed E-state index contributed by atoms with van der Waals surface area (Å²) >= 11 is 0. The van der Waals surface area contributed by atoms with Gasteiger partial charge in [-0.3, -0.25) is 4.98 Å². The molecule has 2 nitrogen and oxygen atoms in total. The summed E-state index contributed by atoms with van der Waals surface area (Å²) in [6.07, 6.45) is 5.47. The number of fused-ring (bicyclic) bond motifs is 1. The van der Waals surface area contributed by atoms with Crippen LogP contribution in [0.2, 0.25) is 0 Å². The zero-order valence-electron chi connectivity index (χ0n) is 12.2. The third-order valence-corrected chi connectivity index (χ3v) is 3.87. The van der Waals surface area contributed by atoms with Gasteiger partial charge in [0.25, 0.3) is 0 Å². The number of nitrogens with zero attached hydrogens (tertiary/aromatic N) is 1. The van der Waals surface area contributed by atoms with E-state index in [2.05, 4.69) is 55.3 Å². The molecule has 0 aliphatic heterocycles. The van der Waals surface area contributed by atoms with Crippen LogP contribution < -0.4 is 5.32 Å². The second kappa shape index (κ2) is 6.55. The molecular weight excluding hydrogens is 232 g/mol. The van der Waals surface area contributed by atoms with Crippen molar-refractivity contribution < 1.29 is 0 Å². The van der Waals surface area contributed by atoms with Gasteiger partial charge in [-0.15, -0.1) is 0 Å². The van der Waals surface area contributed by atoms with Crippen LogP contribution in [-0.2, 0) is 0 Å². The van der Waals surface area contributed by atoms with Crippen molar-refractivity contribution in [3.63, 3.8) is 0 Å². The number of para-hydroxylation sites is 1. The van der Waals surface area contributed by atoms with Crippen LogP contribution in [0.15, 0.2) is 36.5 Å². The molecule has 0 saturated heterocycles. The fraction of sp³-hybridized carbons (Fsp3) is 0.471. The molecule has 1 aromatic heterocycles. The molecule has 0 fully saturated rings. The van der Waals surface area contributed by atoms with Crippen molar-refractivity contribution in [2.45, 2.75) is 46.1 Å². The van der Waals surface area contributed by atoms with Gasteiger partial charge in [0.2, 0.25) is 0 Å². The smallest absolute Gasteiger partial charge is 0.0933 e. The molecule has 2 atom stereocenters. The van der Waals surface area contributed by atoms with Gasteiger partial charge in [-0.25, -0.2) is 0 Å². The summed E-state index contributed by atoms with van der Waals surface area (Å²) in [5, 5.41) is 4.87. The largest absolute Gasteiger partial charge is 0.381 e. The van der Waals surface area contributed by atoms with E-state index in [1.165, 1.54) is 18.2 Å². The Morgan fingerprint density at radius 3 is 2.63 bits per heavy atom. The molecule has 102 valence electrons. The molecule has 0 radical (unpaired) electrons. The number of rotatable bonds is 6. The average Bonchev–Trinajstić information content (AvgIpc) is 2.46. The number of anilines is 1. The minimum absolute atomic E-state index is 0.530. The van der Waals surface area contributed by atoms with Gasteiger partial charge in [-0.05, 0) is 30.9 Å². The summed E-state index contributed by atoms with van der Waals surface area (Å²) in [6.45, 7) is 6.83. The number of hydrogen-bond donors (Lipinski definition) is 1. The van der Waals surface area contributed by atoms with E-state index in [0.717, 1.165) is 23.5 Å². The van der Waals surface area contributed by atoms with Crippen molar-refractivity contribution in [1.29, 1.82) is 0 Å². The van der Waals surface area contributed by atoms with Gasteiger partial charge >= 0.3 is 0 Å². The zero-order valence-corrected chi connectivity index (χ0v) is 12.2. The number of nitrogens with one attached hydrogen (secondary N) is 1. The minimum atomic E-state index is 0.530. The Morgan fingerprint density at radius 1 is 1.11 bits per heavy atom. The first-order valence-electron chi connectivity index (χ1n) is 7.34. The van der Waals surface area contributed by atoms with Crippen molar-refractivity contribution >= 4 is 16.6 Å². The van der Waals surface area contributed by atoms with E-state index in [1.807, 2.05) is 12.3 Å². The summed E-state index contributed by atoms with van der Waals surface area (Å²) < 4.78 is 0. The Labute approximate surface area is 116 Å². The molecule has 2 unspecified atom stereocenters. The van der Waals surface area contributed by atoms with E-state index in [4.69, 9.17) is 0 Å². The molecule has 1 N–H and O–H groups in total. The van der Waals surface area contributed by atoms with Gasteiger partial charge in [-0.1, -0.05) is 45.4 Å². The van der Waals surface area contributed by atoms with Crippen LogP contribution in [0.25, 0.3) is 10.9 Å². The molecule has 2 aromatic rings. The SMILES string of the molecule is CCC(C)CC(CC)Nc1cccc2cccnc12. The average molecular weight is 256 g/mol. The van der Waals surface area contributed by atoms with E-state index in [9.17, 15) is 0 Å². The topological polar surface area (TPSA) is 24.9 Å². The van der Waals surface area contributed by atoms with Crippen molar-refractivity contribution in [3.8, 4) is 0 Å². The van der Waals surface area contributed by atoms with Crippen LogP contribution in [0.1, 0.15) is 40.0 Å². The van der Waals surface area contributed by atoms with Gasteiger partial charge in [0.1, 0.15) is 0 Å². The van der Waals surface area contributed by atoms with Crippen molar-refractivity contribution in [3.05, 3.63) is 36.5 Å². The molecule has 0 aliphatic rings. The van der Waals surface area contributed by atoms with E-state index < -0.39 is 0 Å². The van der Waals surface area contributed by atoms with Crippen LogP contribution in [0.4, 0.5) is 5.69 Å². The number of aromatic nitrogens is 1. The number of hydrogen-bond acceptors (Lipinski definition) is 2. The molecular formula is C17H24N2. The lowest BCUT2D eigenvalue weighted by atomic mass is 9.97. The monoisotopic (exact) mass is 256 g/mol. The van der Waals surface area contributed by atoms with Crippen molar-refractivity contribution in [2.75, 3.05) is 5.32 Å². The molecule has 0 saturated carbocycles. The molecule has 0 spiro atoms. The summed E-state index contributed by atoms with van der Waals surface area (Å²) in [4.78, 5) is 4.51. The first kappa shape index (κ1) is 13.9. The van der Waals surface area contributed by atoms with Gasteiger partial charge in [0.05, 0.1) is 11.2 Å². The van der Waals surface area contributed by atoms with Gasteiger partial charge < -0.3 is 5.32 Å². The lowest BCUT2D eigenvalue weighted by Crippen LogP contribution is -2.21.